The van der Waals surface area contributed by atoms with E-state index in [-0.39, 0.29) is 22.8 Å². The molecule has 0 saturated carbocycles. The van der Waals surface area contributed by atoms with Crippen molar-refractivity contribution in [2.75, 3.05) is 5.32 Å². The largest absolute Gasteiger partial charge is 0.477 e. The minimum absolute atomic E-state index is 0.0746. The second-order valence-electron chi connectivity index (χ2n) is 5.72. The molecular formula is C15H17N3O3. The van der Waals surface area contributed by atoms with E-state index in [1.807, 2.05) is 32.9 Å². The minimum Gasteiger partial charge on any atom is -0.477 e. The number of carboxylic acid groups (broad SMARTS) is 1. The molecule has 6 heteroatoms. The molecule has 1 amide bonds. The van der Waals surface area contributed by atoms with Crippen LogP contribution in [0.1, 0.15) is 47.2 Å². The third-order valence-corrected chi connectivity index (χ3v) is 3.03. The first kappa shape index (κ1) is 14.8. The van der Waals surface area contributed by atoms with Crippen molar-refractivity contribution in [3.8, 4) is 0 Å². The average Bonchev–Trinajstić information content (AvgIpc) is 2.86. The van der Waals surface area contributed by atoms with E-state index < -0.39 is 5.97 Å². The van der Waals surface area contributed by atoms with E-state index in [0.29, 0.717) is 5.56 Å². The number of carbonyl (C=O) groups excluding carboxylic acids is 1. The van der Waals surface area contributed by atoms with E-state index >= 15 is 0 Å². The number of hydrogen-bond acceptors (Lipinski definition) is 3. The maximum atomic E-state index is 12.3. The summed E-state index contributed by atoms with van der Waals surface area (Å²) >= 11 is 0. The normalized spacial score (nSPS) is 11.2. The number of aromatic carboxylic acids is 1. The first-order chi connectivity index (χ1) is 9.79. The van der Waals surface area contributed by atoms with Crippen molar-refractivity contribution in [3.05, 3.63) is 47.2 Å². The Bertz CT molecular complexity index is 683. The van der Waals surface area contributed by atoms with Crippen LogP contribution in [0.3, 0.4) is 0 Å². The Labute approximate surface area is 122 Å². The number of carboxylic acids is 1. The number of nitrogens with zero attached hydrogens (tertiary/aromatic N) is 1. The summed E-state index contributed by atoms with van der Waals surface area (Å²) in [5, 5.41) is 17.5. The summed E-state index contributed by atoms with van der Waals surface area (Å²) in [6.07, 6.45) is 0. The molecule has 110 valence electrons. The van der Waals surface area contributed by atoms with E-state index in [1.165, 1.54) is 6.07 Å². The first-order valence-corrected chi connectivity index (χ1v) is 6.48. The summed E-state index contributed by atoms with van der Waals surface area (Å²) in [5.41, 5.74) is 1.21. The third-order valence-electron chi connectivity index (χ3n) is 3.03. The van der Waals surface area contributed by atoms with Gasteiger partial charge in [0.2, 0.25) is 0 Å². The predicted octanol–water partition coefficient (Wildman–Crippen LogP) is 2.66. The fourth-order valence-electron chi connectivity index (χ4n) is 2.01. The van der Waals surface area contributed by atoms with Gasteiger partial charge >= 0.3 is 5.97 Å². The molecule has 3 N–H and O–H groups in total. The molecule has 0 saturated heterocycles. The van der Waals surface area contributed by atoms with Crippen LogP contribution in [0.15, 0.2) is 30.3 Å². The highest BCUT2D eigenvalue weighted by atomic mass is 16.4. The zero-order chi connectivity index (χ0) is 15.6. The Balaban J connectivity index is 2.26. The summed E-state index contributed by atoms with van der Waals surface area (Å²) in [6, 6.07) is 8.59. The number of aromatic nitrogens is 2. The topological polar surface area (TPSA) is 95.1 Å². The van der Waals surface area contributed by atoms with E-state index in [9.17, 15) is 9.59 Å². The van der Waals surface area contributed by atoms with Crippen LogP contribution in [0, 0.1) is 0 Å². The van der Waals surface area contributed by atoms with Crippen LogP contribution >= 0.6 is 0 Å². The minimum atomic E-state index is -1.13. The van der Waals surface area contributed by atoms with Gasteiger partial charge in [-0.05, 0) is 17.0 Å². The molecule has 0 fully saturated rings. The van der Waals surface area contributed by atoms with E-state index in [2.05, 4.69) is 15.5 Å². The van der Waals surface area contributed by atoms with Crippen LogP contribution in [-0.2, 0) is 5.41 Å². The molecule has 0 aliphatic carbocycles. The number of hydrogen-bond donors (Lipinski definition) is 3. The molecule has 0 atom stereocenters. The monoisotopic (exact) mass is 287 g/mol. The van der Waals surface area contributed by atoms with Gasteiger partial charge in [-0.1, -0.05) is 39.0 Å². The lowest BCUT2D eigenvalue weighted by atomic mass is 9.83. The summed E-state index contributed by atoms with van der Waals surface area (Å²) in [7, 11) is 0. The van der Waals surface area contributed by atoms with Crippen molar-refractivity contribution in [2.24, 2.45) is 0 Å². The Morgan fingerprint density at radius 3 is 2.48 bits per heavy atom. The zero-order valence-corrected chi connectivity index (χ0v) is 12.1. The number of H-pyrrole nitrogens is 1. The maximum absolute atomic E-state index is 12.3. The second kappa shape index (κ2) is 5.40. The summed E-state index contributed by atoms with van der Waals surface area (Å²) in [4.78, 5) is 23.1. The lowest BCUT2D eigenvalue weighted by molar-refractivity contribution is 0.0690. The van der Waals surface area contributed by atoms with Crippen LogP contribution in [-0.4, -0.2) is 27.2 Å². The SMILES string of the molecule is CC(C)(C)c1ccccc1C(=O)Nc1cc(C(=O)O)[nH]n1. The van der Waals surface area contributed by atoms with Gasteiger partial charge in [-0.25, -0.2) is 4.79 Å². The molecule has 0 spiro atoms. The van der Waals surface area contributed by atoms with Crippen LogP contribution in [0.4, 0.5) is 5.82 Å². The third kappa shape index (κ3) is 3.28. The van der Waals surface area contributed by atoms with Gasteiger partial charge < -0.3 is 10.4 Å². The number of aromatic amines is 1. The predicted molar refractivity (Wildman–Crippen MR) is 78.6 cm³/mol. The molecule has 6 nitrogen and oxygen atoms in total. The molecule has 21 heavy (non-hydrogen) atoms. The molecule has 1 aromatic heterocycles. The van der Waals surface area contributed by atoms with Gasteiger partial charge in [0, 0.05) is 11.6 Å². The first-order valence-electron chi connectivity index (χ1n) is 6.48. The molecule has 0 radical (unpaired) electrons. The van der Waals surface area contributed by atoms with E-state index in [0.717, 1.165) is 5.56 Å². The van der Waals surface area contributed by atoms with Crippen molar-refractivity contribution < 1.29 is 14.7 Å². The fraction of sp³-hybridized carbons (Fsp3) is 0.267. The zero-order valence-electron chi connectivity index (χ0n) is 12.1. The molecule has 1 heterocycles. The van der Waals surface area contributed by atoms with Crippen LogP contribution in [0.5, 0.6) is 0 Å². The van der Waals surface area contributed by atoms with Crippen molar-refractivity contribution in [3.63, 3.8) is 0 Å². The van der Waals surface area contributed by atoms with Gasteiger partial charge in [-0.3, -0.25) is 9.89 Å². The van der Waals surface area contributed by atoms with E-state index in [4.69, 9.17) is 5.11 Å². The van der Waals surface area contributed by atoms with Gasteiger partial charge in [0.1, 0.15) is 5.69 Å². The van der Waals surface area contributed by atoms with Crippen LogP contribution in [0.25, 0.3) is 0 Å². The van der Waals surface area contributed by atoms with E-state index in [1.54, 1.807) is 12.1 Å². The van der Waals surface area contributed by atoms with Crippen LogP contribution in [0.2, 0.25) is 0 Å². The summed E-state index contributed by atoms with van der Waals surface area (Å²) < 4.78 is 0. The van der Waals surface area contributed by atoms with Gasteiger partial charge in [0.25, 0.3) is 5.91 Å². The van der Waals surface area contributed by atoms with Crippen molar-refractivity contribution in [1.29, 1.82) is 0 Å². The number of amides is 1. The molecule has 0 unspecified atom stereocenters. The highest BCUT2D eigenvalue weighted by Gasteiger charge is 2.21. The van der Waals surface area contributed by atoms with Crippen molar-refractivity contribution in [1.82, 2.24) is 10.2 Å². The molecule has 0 aliphatic heterocycles. The lowest BCUT2D eigenvalue weighted by Crippen LogP contribution is -2.21. The Morgan fingerprint density at radius 2 is 1.90 bits per heavy atom. The highest BCUT2D eigenvalue weighted by Crippen LogP contribution is 2.26. The quantitative estimate of drug-likeness (QED) is 0.808. The molecule has 0 aliphatic rings. The average molecular weight is 287 g/mol. The maximum Gasteiger partial charge on any atom is 0.353 e. The van der Waals surface area contributed by atoms with Crippen molar-refractivity contribution >= 4 is 17.7 Å². The number of anilines is 1. The highest BCUT2D eigenvalue weighted by molar-refractivity contribution is 6.05. The Hall–Kier alpha value is -2.63. The molecule has 2 aromatic rings. The van der Waals surface area contributed by atoms with Crippen LogP contribution < -0.4 is 5.32 Å². The Morgan fingerprint density at radius 1 is 1.24 bits per heavy atom. The smallest absolute Gasteiger partial charge is 0.353 e. The fourth-order valence-corrected chi connectivity index (χ4v) is 2.01. The van der Waals surface area contributed by atoms with Gasteiger partial charge in [0.15, 0.2) is 5.82 Å². The second-order valence-corrected chi connectivity index (χ2v) is 5.72. The number of rotatable bonds is 3. The molecular weight excluding hydrogens is 270 g/mol. The number of benzene rings is 1. The van der Waals surface area contributed by atoms with Crippen molar-refractivity contribution in [2.45, 2.75) is 26.2 Å². The molecule has 2 rings (SSSR count). The standard InChI is InChI=1S/C15H17N3O3/c1-15(2,3)10-7-5-4-6-9(10)13(19)16-12-8-11(14(20)21)17-18-12/h4-8H,1-3H3,(H,20,21)(H2,16,17,18,19). The van der Waals surface area contributed by atoms with Gasteiger partial charge in [-0.2, -0.15) is 5.10 Å². The van der Waals surface area contributed by atoms with Gasteiger partial charge in [-0.15, -0.1) is 0 Å². The number of carbonyl (C=O) groups is 2. The summed E-state index contributed by atoms with van der Waals surface area (Å²) in [6.45, 7) is 6.07. The Kier molecular flexibility index (Phi) is 3.80. The number of nitrogens with one attached hydrogen (secondary N) is 2. The van der Waals surface area contributed by atoms with Gasteiger partial charge in [0.05, 0.1) is 0 Å². The molecule has 0 bridgehead atoms. The lowest BCUT2D eigenvalue weighted by Gasteiger charge is -2.22. The summed E-state index contributed by atoms with van der Waals surface area (Å²) in [5.74, 6) is -1.26. The molecule has 1 aromatic carbocycles.